The Morgan fingerprint density at radius 3 is 2.76 bits per heavy atom. The first-order valence-electron chi connectivity index (χ1n) is 9.21. The van der Waals surface area contributed by atoms with Crippen molar-refractivity contribution >= 4 is 17.4 Å². The van der Waals surface area contributed by atoms with Gasteiger partial charge in [0.05, 0.1) is 23.7 Å². The molecule has 0 amide bonds. The lowest BCUT2D eigenvalue weighted by molar-refractivity contribution is -0.385. The summed E-state index contributed by atoms with van der Waals surface area (Å²) in [5.74, 6) is -0.241. The van der Waals surface area contributed by atoms with Crippen LogP contribution < -0.4 is 0 Å². The Hall–Kier alpha value is -3.33. The van der Waals surface area contributed by atoms with Crippen molar-refractivity contribution in [1.82, 2.24) is 4.98 Å². The fourth-order valence-corrected chi connectivity index (χ4v) is 2.59. The molecule has 0 spiro atoms. The zero-order chi connectivity index (χ0) is 21.1. The van der Waals surface area contributed by atoms with E-state index in [9.17, 15) is 20.0 Å². The van der Waals surface area contributed by atoms with Gasteiger partial charge in [-0.3, -0.25) is 19.9 Å². The smallest absolute Gasteiger partial charge is 0.305 e. The molecule has 2 rings (SSSR count). The Morgan fingerprint density at radius 1 is 1.28 bits per heavy atom. The standard InChI is InChI=1S/C20H23N3O6/c1-2-28-19(25)7-3-4-11-29-22-20(16-6-5-10-21-13-16)15-8-9-18(23(26)27)17(12-15)14-24/h5-6,8-10,12-13,24H,2-4,7,11,14H2,1H3/b22-20+. The number of pyridine rings is 1. The second kappa shape index (κ2) is 11.5. The van der Waals surface area contributed by atoms with Crippen molar-refractivity contribution in [3.63, 3.8) is 0 Å². The predicted octanol–water partition coefficient (Wildman–Crippen LogP) is 2.98. The molecule has 0 atom stereocenters. The highest BCUT2D eigenvalue weighted by atomic mass is 16.6. The molecule has 9 nitrogen and oxygen atoms in total. The van der Waals surface area contributed by atoms with Crippen LogP contribution in [0.25, 0.3) is 0 Å². The number of nitro groups is 1. The van der Waals surface area contributed by atoms with Gasteiger partial charge in [0.1, 0.15) is 12.3 Å². The van der Waals surface area contributed by atoms with Crippen molar-refractivity contribution < 1.29 is 24.4 Å². The number of ether oxygens (including phenoxy) is 1. The van der Waals surface area contributed by atoms with Crippen LogP contribution in [0, 0.1) is 10.1 Å². The minimum Gasteiger partial charge on any atom is -0.466 e. The zero-order valence-corrected chi connectivity index (χ0v) is 16.1. The summed E-state index contributed by atoms with van der Waals surface area (Å²) in [7, 11) is 0. The molecule has 0 aliphatic carbocycles. The predicted molar refractivity (Wildman–Crippen MR) is 105 cm³/mol. The van der Waals surface area contributed by atoms with Crippen LogP contribution >= 0.6 is 0 Å². The van der Waals surface area contributed by atoms with E-state index in [2.05, 4.69) is 10.1 Å². The average molecular weight is 401 g/mol. The number of unbranched alkanes of at least 4 members (excludes halogenated alkanes) is 1. The van der Waals surface area contributed by atoms with Crippen molar-refractivity contribution in [3.05, 3.63) is 69.5 Å². The Labute approximate surface area is 168 Å². The van der Waals surface area contributed by atoms with Gasteiger partial charge in [0, 0.05) is 36.0 Å². The number of hydrogen-bond donors (Lipinski definition) is 1. The molecule has 0 aliphatic heterocycles. The minimum atomic E-state index is -0.545. The number of hydrogen-bond acceptors (Lipinski definition) is 8. The van der Waals surface area contributed by atoms with E-state index in [0.717, 1.165) is 0 Å². The fraction of sp³-hybridized carbons (Fsp3) is 0.350. The molecule has 29 heavy (non-hydrogen) atoms. The number of oxime groups is 1. The Kier molecular flexibility index (Phi) is 8.71. The number of nitro benzene ring substituents is 1. The molecule has 0 fully saturated rings. The number of aliphatic hydroxyl groups excluding tert-OH is 1. The Morgan fingerprint density at radius 2 is 2.10 bits per heavy atom. The van der Waals surface area contributed by atoms with E-state index in [4.69, 9.17) is 9.57 Å². The van der Waals surface area contributed by atoms with E-state index in [1.807, 2.05) is 0 Å². The Bertz CT molecular complexity index is 855. The molecule has 9 heteroatoms. The molecule has 0 saturated heterocycles. The molecule has 1 heterocycles. The molecular formula is C20H23N3O6. The van der Waals surface area contributed by atoms with Crippen LogP contribution in [0.1, 0.15) is 42.9 Å². The molecule has 0 bridgehead atoms. The topological polar surface area (TPSA) is 124 Å². The van der Waals surface area contributed by atoms with Gasteiger partial charge in [0.15, 0.2) is 0 Å². The lowest BCUT2D eigenvalue weighted by Gasteiger charge is -2.09. The summed E-state index contributed by atoms with van der Waals surface area (Å²) in [6, 6.07) is 7.91. The highest BCUT2D eigenvalue weighted by molar-refractivity contribution is 6.12. The molecule has 0 aliphatic rings. The third kappa shape index (κ3) is 6.65. The van der Waals surface area contributed by atoms with Crippen LogP contribution in [0.4, 0.5) is 5.69 Å². The summed E-state index contributed by atoms with van der Waals surface area (Å²) < 4.78 is 4.87. The van der Waals surface area contributed by atoms with Gasteiger partial charge in [-0.1, -0.05) is 5.16 Å². The van der Waals surface area contributed by atoms with Gasteiger partial charge in [-0.25, -0.2) is 0 Å². The van der Waals surface area contributed by atoms with Gasteiger partial charge in [0.25, 0.3) is 5.69 Å². The van der Waals surface area contributed by atoms with E-state index in [-0.39, 0.29) is 17.2 Å². The largest absolute Gasteiger partial charge is 0.466 e. The quantitative estimate of drug-likeness (QED) is 0.202. The molecule has 1 aromatic carbocycles. The lowest BCUT2D eigenvalue weighted by atomic mass is 10.0. The third-order valence-corrected chi connectivity index (χ3v) is 3.98. The molecular weight excluding hydrogens is 378 g/mol. The van der Waals surface area contributed by atoms with Crippen LogP contribution in [-0.4, -0.2) is 39.9 Å². The summed E-state index contributed by atoms with van der Waals surface area (Å²) >= 11 is 0. The van der Waals surface area contributed by atoms with Gasteiger partial charge in [-0.15, -0.1) is 0 Å². The summed E-state index contributed by atoms with van der Waals surface area (Å²) in [5.41, 5.74) is 1.67. The molecule has 1 aromatic heterocycles. The second-order valence-corrected chi connectivity index (χ2v) is 6.04. The SMILES string of the molecule is CCOC(=O)CCCCO/N=C(/c1cccnc1)c1ccc([N+](=O)[O-])c(CO)c1. The van der Waals surface area contributed by atoms with Crippen LogP contribution in [0.5, 0.6) is 0 Å². The van der Waals surface area contributed by atoms with Crippen LogP contribution in [0.15, 0.2) is 47.9 Å². The van der Waals surface area contributed by atoms with Gasteiger partial charge < -0.3 is 14.7 Å². The summed E-state index contributed by atoms with van der Waals surface area (Å²) in [6.45, 7) is 1.94. The number of carbonyl (C=O) groups excluding carboxylic acids is 1. The van der Waals surface area contributed by atoms with E-state index in [1.165, 1.54) is 12.1 Å². The Balaban J connectivity index is 2.13. The van der Waals surface area contributed by atoms with Gasteiger partial charge >= 0.3 is 5.97 Å². The monoisotopic (exact) mass is 401 g/mol. The van der Waals surface area contributed by atoms with Crippen molar-refractivity contribution in [3.8, 4) is 0 Å². The molecule has 2 aromatic rings. The van der Waals surface area contributed by atoms with Gasteiger partial charge in [0.2, 0.25) is 0 Å². The number of nitrogens with zero attached hydrogens (tertiary/aromatic N) is 3. The molecule has 1 N–H and O–H groups in total. The molecule has 0 unspecified atom stereocenters. The minimum absolute atomic E-state index is 0.165. The highest BCUT2D eigenvalue weighted by Crippen LogP contribution is 2.22. The number of aromatic nitrogens is 1. The van der Waals surface area contributed by atoms with Gasteiger partial charge in [-0.2, -0.15) is 0 Å². The van der Waals surface area contributed by atoms with E-state index in [1.54, 1.807) is 37.5 Å². The maximum Gasteiger partial charge on any atom is 0.305 e. The number of esters is 1. The van der Waals surface area contributed by atoms with E-state index >= 15 is 0 Å². The van der Waals surface area contributed by atoms with E-state index < -0.39 is 11.5 Å². The second-order valence-electron chi connectivity index (χ2n) is 6.04. The van der Waals surface area contributed by atoms with Gasteiger partial charge in [-0.05, 0) is 44.0 Å². The van der Waals surface area contributed by atoms with E-state index in [0.29, 0.717) is 49.3 Å². The first-order valence-corrected chi connectivity index (χ1v) is 9.21. The van der Waals surface area contributed by atoms with Crippen molar-refractivity contribution in [2.45, 2.75) is 32.8 Å². The lowest BCUT2D eigenvalue weighted by Crippen LogP contribution is -2.08. The average Bonchev–Trinajstić information content (AvgIpc) is 2.73. The summed E-state index contributed by atoms with van der Waals surface area (Å²) in [6.07, 6.45) is 4.77. The number of rotatable bonds is 11. The summed E-state index contributed by atoms with van der Waals surface area (Å²) in [4.78, 5) is 31.3. The summed E-state index contributed by atoms with van der Waals surface area (Å²) in [5, 5.41) is 24.7. The van der Waals surface area contributed by atoms with Crippen LogP contribution in [0.3, 0.4) is 0 Å². The first-order chi connectivity index (χ1) is 14.1. The fourth-order valence-electron chi connectivity index (χ4n) is 2.59. The maximum absolute atomic E-state index is 11.3. The highest BCUT2D eigenvalue weighted by Gasteiger charge is 2.17. The van der Waals surface area contributed by atoms with Crippen LogP contribution in [-0.2, 0) is 21.0 Å². The zero-order valence-electron chi connectivity index (χ0n) is 16.1. The van der Waals surface area contributed by atoms with Crippen molar-refractivity contribution in [2.24, 2.45) is 5.16 Å². The van der Waals surface area contributed by atoms with Crippen LogP contribution in [0.2, 0.25) is 0 Å². The first kappa shape index (κ1) is 22.0. The third-order valence-electron chi connectivity index (χ3n) is 3.98. The molecule has 0 saturated carbocycles. The normalized spacial score (nSPS) is 11.2. The number of aliphatic hydroxyl groups is 1. The molecule has 154 valence electrons. The maximum atomic E-state index is 11.3. The van der Waals surface area contributed by atoms with Crippen molar-refractivity contribution in [2.75, 3.05) is 13.2 Å². The number of benzene rings is 1. The molecule has 0 radical (unpaired) electrons. The number of carbonyl (C=O) groups is 1. The van der Waals surface area contributed by atoms with Crippen molar-refractivity contribution in [1.29, 1.82) is 0 Å².